The summed E-state index contributed by atoms with van der Waals surface area (Å²) in [5.74, 6) is 0.332. The zero-order valence-corrected chi connectivity index (χ0v) is 15.8. The molecule has 1 saturated carbocycles. The second-order valence-corrected chi connectivity index (χ2v) is 7.83. The number of fused-ring (bicyclic) bond motifs is 1. The quantitative estimate of drug-likeness (QED) is 0.791. The van der Waals surface area contributed by atoms with Crippen molar-refractivity contribution >= 4 is 22.6 Å². The average Bonchev–Trinajstić information content (AvgIpc) is 3.35. The number of rotatable bonds is 6. The Kier molecular flexibility index (Phi) is 5.58. The number of ketones is 1. The first-order valence-electron chi connectivity index (χ1n) is 10.2. The van der Waals surface area contributed by atoms with Gasteiger partial charge in [0.05, 0.1) is 6.10 Å². The van der Waals surface area contributed by atoms with Gasteiger partial charge in [-0.1, -0.05) is 37.5 Å². The maximum atomic E-state index is 13.1. The van der Waals surface area contributed by atoms with Crippen LogP contribution in [-0.2, 0) is 16.1 Å². The van der Waals surface area contributed by atoms with Crippen molar-refractivity contribution in [3.63, 3.8) is 0 Å². The molecular weight excluding hydrogens is 340 g/mol. The smallest absolute Gasteiger partial charge is 0.240 e. The number of nitrogens with one attached hydrogen (secondary N) is 1. The highest BCUT2D eigenvalue weighted by atomic mass is 16.5. The highest BCUT2D eigenvalue weighted by Crippen LogP contribution is 2.30. The first-order chi connectivity index (χ1) is 13.2. The van der Waals surface area contributed by atoms with Gasteiger partial charge in [-0.2, -0.15) is 0 Å². The zero-order chi connectivity index (χ0) is 18.6. The van der Waals surface area contributed by atoms with E-state index in [0.717, 1.165) is 61.6 Å². The van der Waals surface area contributed by atoms with Gasteiger partial charge in [-0.3, -0.25) is 9.59 Å². The van der Waals surface area contributed by atoms with Crippen LogP contribution in [-0.4, -0.2) is 35.5 Å². The summed E-state index contributed by atoms with van der Waals surface area (Å²) in [5, 5.41) is 3.93. The highest BCUT2D eigenvalue weighted by molar-refractivity contribution is 6.09. The molecule has 1 amide bonds. The molecule has 5 nitrogen and oxygen atoms in total. The van der Waals surface area contributed by atoms with Gasteiger partial charge >= 0.3 is 0 Å². The molecule has 1 aromatic heterocycles. The Morgan fingerprint density at radius 3 is 2.67 bits per heavy atom. The van der Waals surface area contributed by atoms with Gasteiger partial charge in [-0.25, -0.2) is 0 Å². The number of amides is 1. The Bertz CT molecular complexity index is 814. The third kappa shape index (κ3) is 4.08. The lowest BCUT2D eigenvalue weighted by Gasteiger charge is -2.19. The van der Waals surface area contributed by atoms with Crippen molar-refractivity contribution in [3.05, 3.63) is 36.0 Å². The van der Waals surface area contributed by atoms with E-state index in [2.05, 4.69) is 5.32 Å². The van der Waals surface area contributed by atoms with Gasteiger partial charge in [0, 0.05) is 41.7 Å². The lowest BCUT2D eigenvalue weighted by Crippen LogP contribution is -2.34. The molecule has 5 heteroatoms. The van der Waals surface area contributed by atoms with E-state index in [4.69, 9.17) is 4.74 Å². The monoisotopic (exact) mass is 368 g/mol. The standard InChI is InChI=1S/C22H28N2O3/c25-21(23-13-17-9-6-12-27-17)15-24-14-19(18-10-4-5-11-20(18)24)22(26)16-7-2-1-3-8-16/h4-5,10-11,14,16-17H,1-3,6-9,12-13,15H2,(H,23,25)/t17-/m0/s1. The van der Waals surface area contributed by atoms with Gasteiger partial charge in [-0.05, 0) is 31.7 Å². The molecule has 0 bridgehead atoms. The van der Waals surface area contributed by atoms with E-state index in [1.165, 1.54) is 6.42 Å². The molecule has 2 aromatic rings. The Morgan fingerprint density at radius 2 is 1.89 bits per heavy atom. The Balaban J connectivity index is 1.50. The third-order valence-electron chi connectivity index (χ3n) is 5.89. The van der Waals surface area contributed by atoms with E-state index in [1.807, 2.05) is 35.0 Å². The van der Waals surface area contributed by atoms with Gasteiger partial charge < -0.3 is 14.6 Å². The van der Waals surface area contributed by atoms with Crippen LogP contribution in [0.3, 0.4) is 0 Å². The molecule has 27 heavy (non-hydrogen) atoms. The van der Waals surface area contributed by atoms with Crippen LogP contribution in [0.5, 0.6) is 0 Å². The van der Waals surface area contributed by atoms with Crippen LogP contribution < -0.4 is 5.32 Å². The molecule has 1 aromatic carbocycles. The van der Waals surface area contributed by atoms with Crippen LogP contribution in [0.2, 0.25) is 0 Å². The van der Waals surface area contributed by atoms with Crippen LogP contribution >= 0.6 is 0 Å². The van der Waals surface area contributed by atoms with Gasteiger partial charge in [0.15, 0.2) is 5.78 Å². The largest absolute Gasteiger partial charge is 0.376 e. The van der Waals surface area contributed by atoms with E-state index in [1.54, 1.807) is 0 Å². The lowest BCUT2D eigenvalue weighted by atomic mass is 9.84. The summed E-state index contributed by atoms with van der Waals surface area (Å²) >= 11 is 0. The van der Waals surface area contributed by atoms with Crippen molar-refractivity contribution in [1.29, 1.82) is 0 Å². The molecule has 2 aliphatic rings. The molecule has 2 heterocycles. The molecule has 0 spiro atoms. The van der Waals surface area contributed by atoms with Gasteiger partial charge in [-0.15, -0.1) is 0 Å². The summed E-state index contributed by atoms with van der Waals surface area (Å²) < 4.78 is 7.47. The zero-order valence-electron chi connectivity index (χ0n) is 15.8. The number of ether oxygens (including phenoxy) is 1. The molecule has 1 saturated heterocycles. The summed E-state index contributed by atoms with van der Waals surface area (Å²) in [5.41, 5.74) is 1.72. The molecule has 1 aliphatic carbocycles. The average molecular weight is 368 g/mol. The minimum atomic E-state index is -0.0390. The SMILES string of the molecule is O=C(Cn1cc(C(=O)C2CCCCC2)c2ccccc21)NC[C@@H]1CCCO1. The van der Waals surface area contributed by atoms with Crippen LogP contribution in [0.1, 0.15) is 55.3 Å². The lowest BCUT2D eigenvalue weighted by molar-refractivity contribution is -0.122. The maximum absolute atomic E-state index is 13.1. The van der Waals surface area contributed by atoms with Crippen LogP contribution in [0.4, 0.5) is 0 Å². The first kappa shape index (κ1) is 18.2. The van der Waals surface area contributed by atoms with Crippen LogP contribution in [0, 0.1) is 5.92 Å². The normalized spacial score (nSPS) is 20.8. The predicted octanol–water partition coefficient (Wildman–Crippen LogP) is 3.70. The van der Waals surface area contributed by atoms with Gasteiger partial charge in [0.1, 0.15) is 6.54 Å². The molecule has 0 unspecified atom stereocenters. The third-order valence-corrected chi connectivity index (χ3v) is 5.89. The maximum Gasteiger partial charge on any atom is 0.240 e. The molecule has 144 valence electrons. The fraction of sp³-hybridized carbons (Fsp3) is 0.545. The van der Waals surface area contributed by atoms with Crippen molar-refractivity contribution in [2.75, 3.05) is 13.2 Å². The molecule has 1 aliphatic heterocycles. The molecule has 4 rings (SSSR count). The van der Waals surface area contributed by atoms with Crippen molar-refractivity contribution < 1.29 is 14.3 Å². The molecule has 1 N–H and O–H groups in total. The number of nitrogens with zero attached hydrogens (tertiary/aromatic N) is 1. The number of para-hydroxylation sites is 1. The Morgan fingerprint density at radius 1 is 1.07 bits per heavy atom. The summed E-state index contributed by atoms with van der Waals surface area (Å²) in [4.78, 5) is 25.5. The fourth-order valence-corrected chi connectivity index (χ4v) is 4.40. The molecule has 1 atom stereocenters. The second-order valence-electron chi connectivity index (χ2n) is 7.83. The van der Waals surface area contributed by atoms with E-state index in [9.17, 15) is 9.59 Å². The number of aromatic nitrogens is 1. The summed E-state index contributed by atoms with van der Waals surface area (Å²) in [7, 11) is 0. The number of benzene rings is 1. The number of hydrogen-bond acceptors (Lipinski definition) is 3. The predicted molar refractivity (Wildman–Crippen MR) is 105 cm³/mol. The van der Waals surface area contributed by atoms with E-state index >= 15 is 0 Å². The van der Waals surface area contributed by atoms with E-state index in [-0.39, 0.29) is 30.3 Å². The van der Waals surface area contributed by atoms with E-state index in [0.29, 0.717) is 6.54 Å². The highest BCUT2D eigenvalue weighted by Gasteiger charge is 2.25. The van der Waals surface area contributed by atoms with Gasteiger partial charge in [0.25, 0.3) is 0 Å². The van der Waals surface area contributed by atoms with Crippen molar-refractivity contribution in [2.45, 2.75) is 57.6 Å². The number of Topliss-reactive ketones (excluding diaryl/α,β-unsaturated/α-hetero) is 1. The molecule has 0 radical (unpaired) electrons. The minimum Gasteiger partial charge on any atom is -0.376 e. The Labute approximate surface area is 160 Å². The summed E-state index contributed by atoms with van der Waals surface area (Å²) in [6.07, 6.45) is 9.58. The summed E-state index contributed by atoms with van der Waals surface area (Å²) in [6.45, 7) is 1.58. The Hall–Kier alpha value is -2.14. The van der Waals surface area contributed by atoms with Gasteiger partial charge in [0.2, 0.25) is 5.91 Å². The second kappa shape index (κ2) is 8.26. The van der Waals surface area contributed by atoms with Crippen LogP contribution in [0.25, 0.3) is 10.9 Å². The first-order valence-corrected chi connectivity index (χ1v) is 10.2. The number of carbonyl (C=O) groups excluding carboxylic acids is 2. The van der Waals surface area contributed by atoms with Crippen molar-refractivity contribution in [1.82, 2.24) is 9.88 Å². The molecular formula is C22H28N2O3. The molecule has 2 fully saturated rings. The number of hydrogen-bond donors (Lipinski definition) is 1. The number of carbonyl (C=O) groups is 2. The van der Waals surface area contributed by atoms with Crippen molar-refractivity contribution in [2.24, 2.45) is 5.92 Å². The van der Waals surface area contributed by atoms with Crippen molar-refractivity contribution in [3.8, 4) is 0 Å². The van der Waals surface area contributed by atoms with Crippen LogP contribution in [0.15, 0.2) is 30.5 Å². The fourth-order valence-electron chi connectivity index (χ4n) is 4.40. The summed E-state index contributed by atoms with van der Waals surface area (Å²) in [6, 6.07) is 7.90. The van der Waals surface area contributed by atoms with E-state index < -0.39 is 0 Å². The minimum absolute atomic E-state index is 0.0390. The topological polar surface area (TPSA) is 60.3 Å².